The van der Waals surface area contributed by atoms with E-state index in [1.54, 1.807) is 0 Å². The van der Waals surface area contributed by atoms with Crippen LogP contribution in [0.2, 0.25) is 0 Å². The SMILES string of the molecule is CC(C)CCN1CCC[C@H](Cn2c(CN(C)[C@H]3CCCc4cccnc43)nc3ccccc32)C1. The van der Waals surface area contributed by atoms with Gasteiger partial charge in [-0.25, -0.2) is 4.98 Å². The lowest BCUT2D eigenvalue weighted by molar-refractivity contribution is 0.154. The summed E-state index contributed by atoms with van der Waals surface area (Å²) in [5.41, 5.74) is 5.10. The molecule has 5 heteroatoms. The maximum Gasteiger partial charge on any atom is 0.124 e. The van der Waals surface area contributed by atoms with Crippen LogP contribution in [0.4, 0.5) is 0 Å². The molecule has 5 rings (SSSR count). The second kappa shape index (κ2) is 10.6. The van der Waals surface area contributed by atoms with Gasteiger partial charge in [0.25, 0.3) is 0 Å². The minimum absolute atomic E-state index is 0.374. The third-order valence-corrected chi connectivity index (χ3v) is 7.89. The van der Waals surface area contributed by atoms with Crippen LogP contribution in [0.3, 0.4) is 0 Å². The van der Waals surface area contributed by atoms with Crippen LogP contribution in [-0.2, 0) is 19.5 Å². The van der Waals surface area contributed by atoms with E-state index in [0.29, 0.717) is 12.0 Å². The first kappa shape index (κ1) is 23.5. The van der Waals surface area contributed by atoms with Gasteiger partial charge in [0.05, 0.1) is 29.3 Å². The summed E-state index contributed by atoms with van der Waals surface area (Å²) in [6, 6.07) is 13.4. The van der Waals surface area contributed by atoms with Crippen molar-refractivity contribution in [3.63, 3.8) is 0 Å². The lowest BCUT2D eigenvalue weighted by Gasteiger charge is -2.34. The topological polar surface area (TPSA) is 37.2 Å². The molecule has 1 aliphatic carbocycles. The number of hydrogen-bond donors (Lipinski definition) is 0. The zero-order chi connectivity index (χ0) is 23.5. The Morgan fingerprint density at radius 2 is 1.97 bits per heavy atom. The molecule has 34 heavy (non-hydrogen) atoms. The van der Waals surface area contributed by atoms with Crippen molar-refractivity contribution in [2.75, 3.05) is 26.7 Å². The van der Waals surface area contributed by atoms with E-state index in [-0.39, 0.29) is 0 Å². The first-order valence-corrected chi connectivity index (χ1v) is 13.4. The highest BCUT2D eigenvalue weighted by atomic mass is 15.2. The van der Waals surface area contributed by atoms with Crippen molar-refractivity contribution in [3.05, 3.63) is 59.7 Å². The second-order valence-corrected chi connectivity index (χ2v) is 11.0. The van der Waals surface area contributed by atoms with E-state index < -0.39 is 0 Å². The molecular formula is C29H41N5. The number of piperidine rings is 1. The first-order chi connectivity index (χ1) is 16.6. The van der Waals surface area contributed by atoms with Gasteiger partial charge in [-0.3, -0.25) is 9.88 Å². The number of fused-ring (bicyclic) bond motifs is 2. The molecule has 0 radical (unpaired) electrons. The fraction of sp³-hybridized carbons (Fsp3) is 0.586. The normalized spacial score (nSPS) is 21.4. The number of rotatable bonds is 8. The van der Waals surface area contributed by atoms with E-state index in [0.717, 1.165) is 30.9 Å². The van der Waals surface area contributed by atoms with E-state index in [1.165, 1.54) is 74.3 Å². The molecule has 0 bridgehead atoms. The van der Waals surface area contributed by atoms with Crippen molar-refractivity contribution in [2.45, 2.75) is 71.5 Å². The van der Waals surface area contributed by atoms with Crippen molar-refractivity contribution < 1.29 is 0 Å². The maximum absolute atomic E-state index is 5.13. The third-order valence-electron chi connectivity index (χ3n) is 7.89. The number of hydrogen-bond acceptors (Lipinski definition) is 4. The summed E-state index contributed by atoms with van der Waals surface area (Å²) < 4.78 is 2.53. The number of aryl methyl sites for hydroxylation is 1. The molecule has 0 unspecified atom stereocenters. The van der Waals surface area contributed by atoms with Gasteiger partial charge in [0.2, 0.25) is 0 Å². The van der Waals surface area contributed by atoms with Gasteiger partial charge < -0.3 is 9.47 Å². The Morgan fingerprint density at radius 1 is 1.09 bits per heavy atom. The second-order valence-electron chi connectivity index (χ2n) is 11.0. The minimum atomic E-state index is 0.374. The van der Waals surface area contributed by atoms with Gasteiger partial charge >= 0.3 is 0 Å². The highest BCUT2D eigenvalue weighted by molar-refractivity contribution is 5.75. The predicted molar refractivity (Wildman–Crippen MR) is 140 cm³/mol. The van der Waals surface area contributed by atoms with Crippen molar-refractivity contribution in [1.29, 1.82) is 0 Å². The zero-order valence-corrected chi connectivity index (χ0v) is 21.3. The first-order valence-electron chi connectivity index (χ1n) is 13.4. The van der Waals surface area contributed by atoms with E-state index in [1.807, 2.05) is 6.20 Å². The molecule has 0 spiro atoms. The van der Waals surface area contributed by atoms with E-state index in [4.69, 9.17) is 9.97 Å². The lowest BCUT2D eigenvalue weighted by Crippen LogP contribution is -2.38. The average molecular weight is 460 g/mol. The Kier molecular flexibility index (Phi) is 7.31. The molecule has 1 saturated heterocycles. The fourth-order valence-corrected chi connectivity index (χ4v) is 6.00. The van der Waals surface area contributed by atoms with Gasteiger partial charge in [0, 0.05) is 19.3 Å². The Hall–Kier alpha value is -2.24. The highest BCUT2D eigenvalue weighted by Gasteiger charge is 2.27. The number of likely N-dealkylation sites (tertiary alicyclic amines) is 1. The molecule has 182 valence electrons. The van der Waals surface area contributed by atoms with Gasteiger partial charge in [0.1, 0.15) is 5.82 Å². The summed E-state index contributed by atoms with van der Waals surface area (Å²) in [4.78, 5) is 15.1. The summed E-state index contributed by atoms with van der Waals surface area (Å²) in [6.45, 7) is 10.3. The number of imidazole rings is 1. The van der Waals surface area contributed by atoms with Crippen LogP contribution in [0, 0.1) is 11.8 Å². The van der Waals surface area contributed by atoms with Gasteiger partial charge in [-0.15, -0.1) is 0 Å². The Balaban J connectivity index is 1.36. The fourth-order valence-electron chi connectivity index (χ4n) is 6.00. The van der Waals surface area contributed by atoms with Crippen LogP contribution in [0.5, 0.6) is 0 Å². The Morgan fingerprint density at radius 3 is 2.85 bits per heavy atom. The summed E-state index contributed by atoms with van der Waals surface area (Å²) in [7, 11) is 2.26. The average Bonchev–Trinajstić information content (AvgIpc) is 3.19. The zero-order valence-electron chi connectivity index (χ0n) is 21.3. The van der Waals surface area contributed by atoms with E-state index in [2.05, 4.69) is 71.7 Å². The molecule has 1 aliphatic heterocycles. The predicted octanol–water partition coefficient (Wildman–Crippen LogP) is 5.70. The van der Waals surface area contributed by atoms with Crippen LogP contribution in [0.25, 0.3) is 11.0 Å². The number of para-hydroxylation sites is 2. The smallest absolute Gasteiger partial charge is 0.124 e. The number of pyridine rings is 1. The molecule has 0 N–H and O–H groups in total. The molecule has 0 amide bonds. The molecule has 3 aromatic rings. The summed E-state index contributed by atoms with van der Waals surface area (Å²) >= 11 is 0. The van der Waals surface area contributed by atoms with E-state index >= 15 is 0 Å². The monoisotopic (exact) mass is 459 g/mol. The summed E-state index contributed by atoms with van der Waals surface area (Å²) in [6.07, 6.45) is 9.45. The quantitative estimate of drug-likeness (QED) is 0.433. The van der Waals surface area contributed by atoms with Crippen LogP contribution in [0.15, 0.2) is 42.6 Å². The highest BCUT2D eigenvalue weighted by Crippen LogP contribution is 2.33. The molecule has 2 aromatic heterocycles. The lowest BCUT2D eigenvalue weighted by atomic mass is 9.91. The molecule has 2 atom stereocenters. The van der Waals surface area contributed by atoms with Gasteiger partial charge in [-0.05, 0) is 94.3 Å². The Labute approximate surface area is 205 Å². The number of aromatic nitrogens is 3. The number of benzene rings is 1. The minimum Gasteiger partial charge on any atom is -0.327 e. The standard InChI is InChI=1S/C29H41N5/c1-22(2)15-18-33-17-8-9-23(19-33)20-34-26-13-5-4-12-25(26)31-28(34)21-32(3)27-14-6-10-24-11-7-16-30-29(24)27/h4-5,7,11-13,16,22-23,27H,6,8-10,14-15,17-21H2,1-3H3/t23-,27-/m0/s1. The third kappa shape index (κ3) is 5.21. The molecule has 0 saturated carbocycles. The largest absolute Gasteiger partial charge is 0.327 e. The summed E-state index contributed by atoms with van der Waals surface area (Å²) in [5.74, 6) is 2.67. The van der Waals surface area contributed by atoms with Crippen LogP contribution >= 0.6 is 0 Å². The van der Waals surface area contributed by atoms with Crippen molar-refractivity contribution in [2.24, 2.45) is 11.8 Å². The van der Waals surface area contributed by atoms with Gasteiger partial charge in [0.15, 0.2) is 0 Å². The maximum atomic E-state index is 5.13. The molecule has 1 fully saturated rings. The molecule has 2 aliphatic rings. The van der Waals surface area contributed by atoms with Crippen LogP contribution in [-0.4, -0.2) is 51.0 Å². The Bertz CT molecular complexity index is 1090. The number of nitrogens with zero attached hydrogens (tertiary/aromatic N) is 5. The van der Waals surface area contributed by atoms with Crippen molar-refractivity contribution in [1.82, 2.24) is 24.3 Å². The van der Waals surface area contributed by atoms with Gasteiger partial charge in [-0.2, -0.15) is 0 Å². The van der Waals surface area contributed by atoms with Crippen molar-refractivity contribution in [3.8, 4) is 0 Å². The van der Waals surface area contributed by atoms with Crippen LogP contribution < -0.4 is 0 Å². The molecular weight excluding hydrogens is 418 g/mol. The summed E-state index contributed by atoms with van der Waals surface area (Å²) in [5, 5.41) is 0. The van der Waals surface area contributed by atoms with Crippen LogP contribution in [0.1, 0.15) is 69.1 Å². The van der Waals surface area contributed by atoms with Gasteiger partial charge in [-0.1, -0.05) is 32.0 Å². The molecule has 1 aromatic carbocycles. The van der Waals surface area contributed by atoms with E-state index in [9.17, 15) is 0 Å². The molecule has 3 heterocycles. The van der Waals surface area contributed by atoms with Crippen molar-refractivity contribution >= 4 is 11.0 Å². The molecule has 5 nitrogen and oxygen atoms in total.